The maximum absolute atomic E-state index is 11.8. The van der Waals surface area contributed by atoms with Crippen LogP contribution in [0, 0.1) is 0 Å². The van der Waals surface area contributed by atoms with Gasteiger partial charge in [0.05, 0.1) is 0 Å². The van der Waals surface area contributed by atoms with Crippen LogP contribution in [0.5, 0.6) is 0 Å². The van der Waals surface area contributed by atoms with Crippen LogP contribution >= 0.6 is 0 Å². The average molecular weight is 230 g/mol. The van der Waals surface area contributed by atoms with Gasteiger partial charge in [-0.3, -0.25) is 4.79 Å². The third-order valence-corrected chi connectivity index (χ3v) is 3.77. The van der Waals surface area contributed by atoms with Gasteiger partial charge in [0.25, 0.3) is 10.0 Å². The lowest BCUT2D eigenvalue weighted by Crippen LogP contribution is -2.29. The number of hydrogen-bond acceptors (Lipinski definition) is 3. The summed E-state index contributed by atoms with van der Waals surface area (Å²) < 4.78 is 24.9. The molecule has 0 aliphatic carbocycles. The Kier molecular flexibility index (Phi) is 3.65. The largest absolute Gasteiger partial charge is 0.312 e. The van der Waals surface area contributed by atoms with Crippen LogP contribution in [0.2, 0.25) is 0 Å². The number of sulfonamides is 1. The second-order valence-corrected chi connectivity index (χ2v) is 5.22. The number of aromatic nitrogens is 1. The van der Waals surface area contributed by atoms with Crippen LogP contribution in [-0.4, -0.2) is 31.3 Å². The fourth-order valence-corrected chi connectivity index (χ4v) is 2.42. The van der Waals surface area contributed by atoms with E-state index in [2.05, 4.69) is 4.98 Å². The molecule has 0 fully saturated rings. The zero-order chi connectivity index (χ0) is 11.5. The number of nitrogens with zero attached hydrogens (tertiary/aromatic N) is 1. The molecule has 0 aliphatic rings. The van der Waals surface area contributed by atoms with Crippen molar-refractivity contribution in [3.63, 3.8) is 0 Å². The monoisotopic (exact) mass is 230 g/mol. The van der Waals surface area contributed by atoms with Crippen LogP contribution in [0.25, 0.3) is 0 Å². The molecule has 0 saturated carbocycles. The Morgan fingerprint density at radius 1 is 1.40 bits per heavy atom. The first-order valence-corrected chi connectivity index (χ1v) is 6.08. The SMILES string of the molecule is CCCN(C)S(=O)(=O)c1cccc(=O)[nH]1. The highest BCUT2D eigenvalue weighted by Crippen LogP contribution is 2.09. The number of H-pyrrole nitrogens is 1. The zero-order valence-corrected chi connectivity index (χ0v) is 9.54. The van der Waals surface area contributed by atoms with Gasteiger partial charge in [-0.2, -0.15) is 4.31 Å². The molecule has 0 amide bonds. The minimum atomic E-state index is -3.55. The van der Waals surface area contributed by atoms with E-state index in [1.54, 1.807) is 0 Å². The minimum Gasteiger partial charge on any atom is -0.312 e. The Bertz CT molecular complexity index is 478. The Balaban J connectivity index is 3.11. The van der Waals surface area contributed by atoms with Gasteiger partial charge < -0.3 is 4.98 Å². The van der Waals surface area contributed by atoms with Crippen LogP contribution in [-0.2, 0) is 10.0 Å². The lowest BCUT2D eigenvalue weighted by Gasteiger charge is -2.15. The van der Waals surface area contributed by atoms with Crippen LogP contribution in [0.3, 0.4) is 0 Å². The maximum Gasteiger partial charge on any atom is 0.258 e. The summed E-state index contributed by atoms with van der Waals surface area (Å²) in [6.07, 6.45) is 0.729. The van der Waals surface area contributed by atoms with Gasteiger partial charge in [0.1, 0.15) is 0 Å². The maximum atomic E-state index is 11.8. The first-order chi connectivity index (χ1) is 6.98. The second-order valence-electron chi connectivity index (χ2n) is 3.21. The number of nitrogens with one attached hydrogen (secondary N) is 1. The summed E-state index contributed by atoms with van der Waals surface area (Å²) in [5, 5.41) is -0.0639. The predicted molar refractivity (Wildman–Crippen MR) is 57.2 cm³/mol. The minimum absolute atomic E-state index is 0.0639. The lowest BCUT2D eigenvalue weighted by molar-refractivity contribution is 0.465. The molecule has 0 unspecified atom stereocenters. The highest BCUT2D eigenvalue weighted by atomic mass is 32.2. The smallest absolute Gasteiger partial charge is 0.258 e. The van der Waals surface area contributed by atoms with Crippen LogP contribution in [0.4, 0.5) is 0 Å². The summed E-state index contributed by atoms with van der Waals surface area (Å²) in [5.41, 5.74) is -0.416. The molecule has 1 rings (SSSR count). The molecule has 0 saturated heterocycles. The summed E-state index contributed by atoms with van der Waals surface area (Å²) in [6, 6.07) is 4.08. The molecule has 0 aliphatic heterocycles. The molecule has 0 bridgehead atoms. The van der Waals surface area contributed by atoms with E-state index in [4.69, 9.17) is 0 Å². The molecular formula is C9H14N2O3S. The fraction of sp³-hybridized carbons (Fsp3) is 0.444. The third kappa shape index (κ3) is 2.66. The first kappa shape index (κ1) is 11.9. The molecule has 6 heteroatoms. The zero-order valence-electron chi connectivity index (χ0n) is 8.73. The van der Waals surface area contributed by atoms with E-state index in [0.717, 1.165) is 6.42 Å². The Hall–Kier alpha value is -1.14. The molecule has 1 aromatic heterocycles. The van der Waals surface area contributed by atoms with Crippen molar-refractivity contribution < 1.29 is 8.42 Å². The molecule has 1 N–H and O–H groups in total. The Labute approximate surface area is 88.8 Å². The quantitative estimate of drug-likeness (QED) is 0.814. The topological polar surface area (TPSA) is 70.2 Å². The summed E-state index contributed by atoms with van der Waals surface area (Å²) in [5.74, 6) is 0. The van der Waals surface area contributed by atoms with Crippen LogP contribution < -0.4 is 5.56 Å². The molecule has 84 valence electrons. The van der Waals surface area contributed by atoms with Gasteiger partial charge in [-0.1, -0.05) is 13.0 Å². The van der Waals surface area contributed by atoms with Crippen molar-refractivity contribution in [1.29, 1.82) is 0 Å². The van der Waals surface area contributed by atoms with E-state index in [-0.39, 0.29) is 5.03 Å². The normalized spacial score (nSPS) is 11.9. The van der Waals surface area contributed by atoms with Crippen molar-refractivity contribution in [2.75, 3.05) is 13.6 Å². The van der Waals surface area contributed by atoms with Crippen molar-refractivity contribution in [2.45, 2.75) is 18.4 Å². The second kappa shape index (κ2) is 4.59. The fourth-order valence-electron chi connectivity index (χ4n) is 1.18. The van der Waals surface area contributed by atoms with Gasteiger partial charge in [0.15, 0.2) is 5.03 Å². The Morgan fingerprint density at radius 2 is 2.07 bits per heavy atom. The van der Waals surface area contributed by atoms with Gasteiger partial charge in [0.2, 0.25) is 5.56 Å². The van der Waals surface area contributed by atoms with Crippen LogP contribution in [0.1, 0.15) is 13.3 Å². The molecule has 5 nitrogen and oxygen atoms in total. The van der Waals surface area contributed by atoms with Crippen LogP contribution in [0.15, 0.2) is 28.0 Å². The van der Waals surface area contributed by atoms with Crippen molar-refractivity contribution in [3.05, 3.63) is 28.6 Å². The molecule has 0 aromatic carbocycles. The number of aromatic amines is 1. The summed E-state index contributed by atoms with van der Waals surface area (Å²) in [7, 11) is -2.06. The van der Waals surface area contributed by atoms with E-state index < -0.39 is 15.6 Å². The predicted octanol–water partition coefficient (Wildman–Crippen LogP) is 0.405. The lowest BCUT2D eigenvalue weighted by atomic mass is 10.5. The summed E-state index contributed by atoms with van der Waals surface area (Å²) in [6.45, 7) is 2.32. The van der Waals surface area contributed by atoms with Gasteiger partial charge in [-0.25, -0.2) is 8.42 Å². The summed E-state index contributed by atoms with van der Waals surface area (Å²) in [4.78, 5) is 13.3. The van der Waals surface area contributed by atoms with Crippen molar-refractivity contribution in [3.8, 4) is 0 Å². The van der Waals surface area contributed by atoms with Crippen molar-refractivity contribution in [2.24, 2.45) is 0 Å². The van der Waals surface area contributed by atoms with Gasteiger partial charge in [0, 0.05) is 19.7 Å². The van der Waals surface area contributed by atoms with Gasteiger partial charge in [-0.05, 0) is 12.5 Å². The van der Waals surface area contributed by atoms with E-state index in [1.165, 1.54) is 29.6 Å². The highest BCUT2D eigenvalue weighted by molar-refractivity contribution is 7.89. The number of hydrogen-bond donors (Lipinski definition) is 1. The molecule has 1 aromatic rings. The third-order valence-electron chi connectivity index (χ3n) is 1.97. The van der Waals surface area contributed by atoms with Crippen molar-refractivity contribution in [1.82, 2.24) is 9.29 Å². The van der Waals surface area contributed by atoms with E-state index in [0.29, 0.717) is 6.54 Å². The highest BCUT2D eigenvalue weighted by Gasteiger charge is 2.20. The number of pyridine rings is 1. The van der Waals surface area contributed by atoms with E-state index in [1.807, 2.05) is 6.92 Å². The molecule has 15 heavy (non-hydrogen) atoms. The standard InChI is InChI=1S/C9H14N2O3S/c1-3-7-11(2)15(13,14)9-6-4-5-8(12)10-9/h4-6H,3,7H2,1-2H3,(H,10,12). The molecule has 0 spiro atoms. The molecular weight excluding hydrogens is 216 g/mol. The molecule has 1 heterocycles. The van der Waals surface area contributed by atoms with Crippen molar-refractivity contribution >= 4 is 10.0 Å². The molecule has 0 radical (unpaired) electrons. The van der Waals surface area contributed by atoms with Gasteiger partial charge in [-0.15, -0.1) is 0 Å². The number of rotatable bonds is 4. The van der Waals surface area contributed by atoms with E-state index in [9.17, 15) is 13.2 Å². The Morgan fingerprint density at radius 3 is 2.60 bits per heavy atom. The van der Waals surface area contributed by atoms with Gasteiger partial charge >= 0.3 is 0 Å². The summed E-state index contributed by atoms with van der Waals surface area (Å²) >= 11 is 0. The molecule has 0 atom stereocenters. The average Bonchev–Trinajstić information content (AvgIpc) is 2.18. The van der Waals surface area contributed by atoms with E-state index >= 15 is 0 Å². The first-order valence-electron chi connectivity index (χ1n) is 4.64.